The average Bonchev–Trinajstić information content (AvgIpc) is 3.50. The molecule has 6 rings (SSSR count). The number of hydrogen-bond donors (Lipinski definition) is 0. The number of rotatable bonds is 2. The smallest absolute Gasteiger partial charge is 0.227 e. The summed E-state index contributed by atoms with van der Waals surface area (Å²) < 4.78 is 14.8. The molecule has 0 N–H and O–H groups in total. The van der Waals surface area contributed by atoms with Crippen molar-refractivity contribution in [3.05, 3.63) is 88.4 Å². The zero-order valence-electron chi connectivity index (χ0n) is 16.7. The average molecular weight is 476 g/mol. The van der Waals surface area contributed by atoms with Crippen LogP contribution in [0.4, 0.5) is 0 Å². The summed E-state index contributed by atoms with van der Waals surface area (Å²) in [4.78, 5) is 12.3. The summed E-state index contributed by atoms with van der Waals surface area (Å²) in [7, 11) is 0. The number of hydrogen-bond acceptors (Lipinski definition) is 5. The second-order valence-corrected chi connectivity index (χ2v) is 8.68. The van der Waals surface area contributed by atoms with Gasteiger partial charge in [0.2, 0.25) is 12.1 Å². The molecule has 4 heterocycles. The topological polar surface area (TPSA) is 60.0 Å². The van der Waals surface area contributed by atoms with E-state index in [4.69, 9.17) is 14.3 Å². The lowest BCUT2D eigenvalue weighted by molar-refractivity contribution is -0.0181. The maximum Gasteiger partial charge on any atom is 0.227 e. The maximum atomic E-state index is 12.3. The minimum absolute atomic E-state index is 0.00536. The molecule has 0 bridgehead atoms. The second-order valence-electron chi connectivity index (χ2n) is 7.77. The summed E-state index contributed by atoms with van der Waals surface area (Å²) in [5.74, 6) is 1.54. The Hall–Kier alpha value is -3.32. The Bertz CT molecular complexity index is 1360. The summed E-state index contributed by atoms with van der Waals surface area (Å²) in [6, 6.07) is 17.7. The van der Waals surface area contributed by atoms with E-state index in [2.05, 4.69) is 22.0 Å². The molecule has 6 nitrogen and oxygen atoms in total. The van der Waals surface area contributed by atoms with Gasteiger partial charge in [-0.2, -0.15) is 5.10 Å². The van der Waals surface area contributed by atoms with Crippen molar-refractivity contribution in [2.24, 2.45) is 5.10 Å². The van der Waals surface area contributed by atoms with Crippen molar-refractivity contribution in [1.82, 2.24) is 9.58 Å². The number of hydrazone groups is 1. The van der Waals surface area contributed by atoms with Gasteiger partial charge >= 0.3 is 0 Å². The highest BCUT2D eigenvalue weighted by molar-refractivity contribution is 9.10. The van der Waals surface area contributed by atoms with E-state index >= 15 is 0 Å². The van der Waals surface area contributed by atoms with Crippen LogP contribution in [0.25, 0.3) is 10.9 Å². The summed E-state index contributed by atoms with van der Waals surface area (Å²) in [5.41, 5.74) is 3.73. The van der Waals surface area contributed by atoms with Gasteiger partial charge in [-0.05, 0) is 36.4 Å². The first-order valence-electron chi connectivity index (χ1n) is 10.1. The van der Waals surface area contributed by atoms with Crippen molar-refractivity contribution >= 4 is 38.5 Å². The Balaban J connectivity index is 1.54. The molecule has 2 aliphatic heterocycles. The lowest BCUT2D eigenvalue weighted by atomic mass is 9.97. The van der Waals surface area contributed by atoms with Gasteiger partial charge in [0.1, 0.15) is 17.2 Å². The number of halogens is 1. The molecule has 0 unspecified atom stereocenters. The fourth-order valence-corrected chi connectivity index (χ4v) is 4.90. The normalized spacial score (nSPS) is 19.7. The van der Waals surface area contributed by atoms with E-state index in [1.54, 1.807) is 17.8 Å². The molecule has 31 heavy (non-hydrogen) atoms. The van der Waals surface area contributed by atoms with E-state index in [1.165, 1.54) is 0 Å². The monoisotopic (exact) mass is 475 g/mol. The Morgan fingerprint density at radius 1 is 1.13 bits per heavy atom. The fraction of sp³-hybridized carbons (Fsp3) is 0.167. The highest BCUT2D eigenvalue weighted by atomic mass is 79.9. The van der Waals surface area contributed by atoms with Crippen molar-refractivity contribution in [2.45, 2.75) is 25.6 Å². The van der Waals surface area contributed by atoms with E-state index in [-0.39, 0.29) is 11.9 Å². The van der Waals surface area contributed by atoms with Crippen LogP contribution in [0.5, 0.6) is 5.75 Å². The number of carbonyl (C=O) groups is 1. The fourth-order valence-electron chi connectivity index (χ4n) is 4.52. The van der Waals surface area contributed by atoms with Crippen LogP contribution in [-0.2, 0) is 0 Å². The molecule has 7 heteroatoms. The zero-order chi connectivity index (χ0) is 21.1. The van der Waals surface area contributed by atoms with Crippen LogP contribution < -0.4 is 4.74 Å². The summed E-state index contributed by atoms with van der Waals surface area (Å²) >= 11 is 3.58. The number of fused-ring (bicyclic) bond motifs is 4. The number of para-hydroxylation sites is 1. The van der Waals surface area contributed by atoms with Gasteiger partial charge in [0, 0.05) is 40.5 Å². The van der Waals surface area contributed by atoms with Crippen LogP contribution in [0.3, 0.4) is 0 Å². The molecule has 154 valence electrons. The highest BCUT2D eigenvalue weighted by Gasteiger charge is 2.42. The first-order chi connectivity index (χ1) is 15.1. The van der Waals surface area contributed by atoms with Crippen LogP contribution >= 0.6 is 15.9 Å². The van der Waals surface area contributed by atoms with Crippen LogP contribution in [0, 0.1) is 0 Å². The van der Waals surface area contributed by atoms with Gasteiger partial charge in [0.05, 0.1) is 17.8 Å². The highest BCUT2D eigenvalue weighted by Crippen LogP contribution is 2.49. The quantitative estimate of drug-likeness (QED) is 0.362. The molecule has 0 saturated carbocycles. The standard InChI is InChI=1S/C24H18BrN3O3/c1-14(29)27-13-18(16-5-2-3-6-20(16)27)24-28-21(12-19(26-28)23-7-4-10-30-23)17-11-15(25)8-9-22(17)31-24/h2-11,13,21,24H,12H2,1H3/t21-,24-/m0/s1. The zero-order valence-corrected chi connectivity index (χ0v) is 18.2. The maximum absolute atomic E-state index is 12.3. The third-order valence-corrected chi connectivity index (χ3v) is 6.40. The molecule has 0 amide bonds. The van der Waals surface area contributed by atoms with Gasteiger partial charge in [0.15, 0.2) is 0 Å². The lowest BCUT2D eigenvalue weighted by Crippen LogP contribution is -2.33. The van der Waals surface area contributed by atoms with Gasteiger partial charge in [-0.15, -0.1) is 0 Å². The van der Waals surface area contributed by atoms with Crippen molar-refractivity contribution in [1.29, 1.82) is 0 Å². The van der Waals surface area contributed by atoms with Crippen LogP contribution in [0.1, 0.15) is 47.3 Å². The lowest BCUT2D eigenvalue weighted by Gasteiger charge is -2.38. The van der Waals surface area contributed by atoms with Gasteiger partial charge in [-0.3, -0.25) is 9.36 Å². The number of ether oxygens (including phenoxy) is 1. The predicted molar refractivity (Wildman–Crippen MR) is 120 cm³/mol. The van der Waals surface area contributed by atoms with Gasteiger partial charge < -0.3 is 9.15 Å². The number of furan rings is 1. The predicted octanol–water partition coefficient (Wildman–Crippen LogP) is 5.90. The van der Waals surface area contributed by atoms with E-state index in [9.17, 15) is 4.79 Å². The molecular formula is C24H18BrN3O3. The largest absolute Gasteiger partial charge is 0.464 e. The van der Waals surface area contributed by atoms with Crippen molar-refractivity contribution in [3.63, 3.8) is 0 Å². The summed E-state index contributed by atoms with van der Waals surface area (Å²) in [6.07, 6.45) is 3.78. The molecule has 0 spiro atoms. The SMILES string of the molecule is CC(=O)n1cc([C@@H]2Oc3ccc(Br)cc3[C@@H]3CC(c4ccco4)=NN32)c2ccccc21. The first kappa shape index (κ1) is 18.4. The summed E-state index contributed by atoms with van der Waals surface area (Å²) in [6.45, 7) is 1.57. The minimum atomic E-state index is -0.461. The van der Waals surface area contributed by atoms with E-state index in [0.717, 1.165) is 43.7 Å². The van der Waals surface area contributed by atoms with Gasteiger partial charge in [-0.1, -0.05) is 34.1 Å². The van der Waals surface area contributed by atoms with Crippen molar-refractivity contribution in [3.8, 4) is 5.75 Å². The molecule has 2 aromatic carbocycles. The van der Waals surface area contributed by atoms with Crippen molar-refractivity contribution in [2.75, 3.05) is 0 Å². The molecule has 2 atom stereocenters. The summed E-state index contributed by atoms with van der Waals surface area (Å²) in [5, 5.41) is 7.90. The first-order valence-corrected chi connectivity index (χ1v) is 10.9. The van der Waals surface area contributed by atoms with Gasteiger partial charge in [0.25, 0.3) is 0 Å². The van der Waals surface area contributed by atoms with E-state index < -0.39 is 6.23 Å². The number of benzene rings is 2. The Kier molecular flexibility index (Phi) is 4.08. The molecular weight excluding hydrogens is 458 g/mol. The van der Waals surface area contributed by atoms with Crippen molar-refractivity contribution < 1.29 is 13.9 Å². The van der Waals surface area contributed by atoms with Crippen LogP contribution in [0.15, 0.2) is 81.0 Å². The molecule has 0 fully saturated rings. The third-order valence-electron chi connectivity index (χ3n) is 5.91. The Labute approximate surface area is 186 Å². The van der Waals surface area contributed by atoms with Crippen LogP contribution in [0.2, 0.25) is 0 Å². The number of carbonyl (C=O) groups excluding carboxylic acids is 1. The third kappa shape index (κ3) is 2.84. The van der Waals surface area contributed by atoms with Gasteiger partial charge in [-0.25, -0.2) is 5.01 Å². The van der Waals surface area contributed by atoms with Crippen LogP contribution in [-0.4, -0.2) is 21.2 Å². The Morgan fingerprint density at radius 2 is 2.00 bits per heavy atom. The Morgan fingerprint density at radius 3 is 2.81 bits per heavy atom. The molecule has 2 aliphatic rings. The molecule has 0 saturated heterocycles. The molecule has 0 radical (unpaired) electrons. The number of nitrogens with zero attached hydrogens (tertiary/aromatic N) is 3. The molecule has 0 aliphatic carbocycles. The molecule has 2 aromatic heterocycles. The van der Waals surface area contributed by atoms with E-state index in [0.29, 0.717) is 6.42 Å². The van der Waals surface area contributed by atoms with E-state index in [1.807, 2.05) is 59.7 Å². The number of aromatic nitrogens is 1. The minimum Gasteiger partial charge on any atom is -0.464 e. The second kappa shape index (κ2) is 6.85. The molecule has 4 aromatic rings.